The van der Waals surface area contributed by atoms with Crippen molar-refractivity contribution in [2.45, 2.75) is 19.9 Å². The van der Waals surface area contributed by atoms with Crippen LogP contribution in [0.4, 0.5) is 0 Å². The molecule has 0 radical (unpaired) electrons. The van der Waals surface area contributed by atoms with E-state index in [0.29, 0.717) is 10.6 Å². The number of esters is 1. The number of nitrogens with zero attached hydrogens (tertiary/aromatic N) is 5. The topological polar surface area (TPSA) is 90.2 Å². The molecule has 0 aliphatic carbocycles. The molecule has 112 valence electrons. The van der Waals surface area contributed by atoms with Gasteiger partial charge < -0.3 is 9.64 Å². The van der Waals surface area contributed by atoms with Gasteiger partial charge in [0.15, 0.2) is 0 Å². The van der Waals surface area contributed by atoms with Crippen molar-refractivity contribution in [3.63, 3.8) is 0 Å². The van der Waals surface area contributed by atoms with E-state index in [9.17, 15) is 9.59 Å². The van der Waals surface area contributed by atoms with E-state index in [0.717, 1.165) is 0 Å². The van der Waals surface area contributed by atoms with E-state index in [-0.39, 0.29) is 18.5 Å². The molecule has 8 nitrogen and oxygen atoms in total. The monoisotopic (exact) mass is 309 g/mol. The third-order valence-corrected chi connectivity index (χ3v) is 3.74. The zero-order valence-electron chi connectivity index (χ0n) is 11.9. The molecule has 0 N–H and O–H groups in total. The Kier molecular flexibility index (Phi) is 4.63. The van der Waals surface area contributed by atoms with Crippen molar-refractivity contribution in [3.05, 3.63) is 22.7 Å². The lowest BCUT2D eigenvalue weighted by atomic mass is 10.2. The molecule has 0 aromatic carbocycles. The number of carbonyl (C=O) groups is 2. The van der Waals surface area contributed by atoms with Crippen LogP contribution in [0.25, 0.3) is 5.69 Å². The Balaban J connectivity index is 2.30. The molecule has 2 aromatic rings. The highest BCUT2D eigenvalue weighted by molar-refractivity contribution is 7.12. The summed E-state index contributed by atoms with van der Waals surface area (Å²) in [5.74, 6) is -0.714. The average Bonchev–Trinajstić information content (AvgIpc) is 3.12. The van der Waals surface area contributed by atoms with E-state index in [1.54, 1.807) is 11.4 Å². The summed E-state index contributed by atoms with van der Waals surface area (Å²) in [7, 11) is 1.29. The second-order valence-corrected chi connectivity index (χ2v) is 5.41. The van der Waals surface area contributed by atoms with Crippen molar-refractivity contribution in [3.8, 4) is 5.69 Å². The molecule has 0 bridgehead atoms. The Morgan fingerprint density at radius 3 is 2.81 bits per heavy atom. The molecule has 0 fully saturated rings. The maximum Gasteiger partial charge on any atom is 0.325 e. The molecule has 0 spiro atoms. The summed E-state index contributed by atoms with van der Waals surface area (Å²) < 4.78 is 6.05. The number of rotatable bonds is 5. The molecule has 21 heavy (non-hydrogen) atoms. The van der Waals surface area contributed by atoms with Crippen molar-refractivity contribution >= 4 is 23.2 Å². The summed E-state index contributed by atoms with van der Waals surface area (Å²) in [6.07, 6.45) is 1.42. The van der Waals surface area contributed by atoms with E-state index in [4.69, 9.17) is 0 Å². The second-order valence-electron chi connectivity index (χ2n) is 4.49. The number of amides is 1. The van der Waals surface area contributed by atoms with Crippen LogP contribution in [0.15, 0.2) is 17.8 Å². The van der Waals surface area contributed by atoms with Crippen LogP contribution >= 0.6 is 11.3 Å². The average molecular weight is 309 g/mol. The first-order chi connectivity index (χ1) is 10.0. The van der Waals surface area contributed by atoms with Gasteiger partial charge >= 0.3 is 5.97 Å². The fourth-order valence-corrected chi connectivity index (χ4v) is 2.57. The predicted molar refractivity (Wildman–Crippen MR) is 75.2 cm³/mol. The highest BCUT2D eigenvalue weighted by atomic mass is 32.1. The molecule has 9 heteroatoms. The SMILES string of the molecule is COC(=O)CN(C(=O)c1sccc1-n1cnnn1)C(C)C. The summed E-state index contributed by atoms with van der Waals surface area (Å²) in [5.41, 5.74) is 0.588. The Morgan fingerprint density at radius 1 is 1.48 bits per heavy atom. The number of aromatic nitrogens is 4. The van der Waals surface area contributed by atoms with Gasteiger partial charge in [0.05, 0.1) is 12.8 Å². The minimum Gasteiger partial charge on any atom is -0.468 e. The fraction of sp³-hybridized carbons (Fsp3) is 0.417. The maximum absolute atomic E-state index is 12.7. The molecule has 1 amide bonds. The zero-order valence-corrected chi connectivity index (χ0v) is 12.7. The summed E-state index contributed by atoms with van der Waals surface area (Å²) in [5, 5.41) is 12.7. The van der Waals surface area contributed by atoms with E-state index in [2.05, 4.69) is 20.3 Å². The van der Waals surface area contributed by atoms with Crippen molar-refractivity contribution in [2.75, 3.05) is 13.7 Å². The number of thiophene rings is 1. The molecule has 2 aromatic heterocycles. The Bertz CT molecular complexity index is 623. The first kappa shape index (κ1) is 15.1. The second kappa shape index (κ2) is 6.44. The quantitative estimate of drug-likeness (QED) is 0.757. The molecule has 2 heterocycles. The standard InChI is InChI=1S/C12H15N5O3S/c1-8(2)16(6-10(18)20-3)12(19)11-9(4-5-21-11)17-7-13-14-15-17/h4-5,7-8H,6H2,1-3H3. The highest BCUT2D eigenvalue weighted by Gasteiger charge is 2.25. The third-order valence-electron chi connectivity index (χ3n) is 2.85. The minimum atomic E-state index is -0.461. The molecule has 0 unspecified atom stereocenters. The van der Waals surface area contributed by atoms with Crippen LogP contribution in [-0.2, 0) is 9.53 Å². The van der Waals surface area contributed by atoms with Gasteiger partial charge in [0.25, 0.3) is 5.91 Å². The van der Waals surface area contributed by atoms with E-state index in [1.165, 1.54) is 34.4 Å². The normalized spacial score (nSPS) is 10.7. The number of methoxy groups -OCH3 is 1. The molecule has 2 rings (SSSR count). The number of carbonyl (C=O) groups excluding carboxylic acids is 2. The minimum absolute atomic E-state index is 0.0973. The van der Waals surface area contributed by atoms with Gasteiger partial charge in [-0.05, 0) is 35.7 Å². The summed E-state index contributed by atoms with van der Waals surface area (Å²) in [4.78, 5) is 26.0. The number of hydrogen-bond acceptors (Lipinski definition) is 7. The van der Waals surface area contributed by atoms with Crippen LogP contribution < -0.4 is 0 Å². The molecule has 0 aliphatic heterocycles. The van der Waals surface area contributed by atoms with Crippen molar-refractivity contribution < 1.29 is 14.3 Å². The lowest BCUT2D eigenvalue weighted by Crippen LogP contribution is -2.41. The smallest absolute Gasteiger partial charge is 0.325 e. The third kappa shape index (κ3) is 3.24. The molecule has 0 atom stereocenters. The van der Waals surface area contributed by atoms with Gasteiger partial charge in [0.1, 0.15) is 17.7 Å². The van der Waals surface area contributed by atoms with Gasteiger partial charge in [0, 0.05) is 6.04 Å². The zero-order chi connectivity index (χ0) is 15.4. The van der Waals surface area contributed by atoms with Crippen LogP contribution in [0.3, 0.4) is 0 Å². The van der Waals surface area contributed by atoms with Gasteiger partial charge in [-0.25, -0.2) is 0 Å². The number of hydrogen-bond donors (Lipinski definition) is 0. The van der Waals surface area contributed by atoms with E-state index < -0.39 is 5.97 Å². The molecular formula is C12H15N5O3S. The summed E-state index contributed by atoms with van der Waals surface area (Å²) >= 11 is 1.28. The fourth-order valence-electron chi connectivity index (χ4n) is 1.74. The van der Waals surface area contributed by atoms with Crippen LogP contribution in [-0.4, -0.2) is 56.7 Å². The Labute approximate surface area is 125 Å². The largest absolute Gasteiger partial charge is 0.468 e. The van der Waals surface area contributed by atoms with Crippen molar-refractivity contribution in [1.82, 2.24) is 25.1 Å². The highest BCUT2D eigenvalue weighted by Crippen LogP contribution is 2.22. The Hall–Kier alpha value is -2.29. The van der Waals surface area contributed by atoms with Crippen molar-refractivity contribution in [1.29, 1.82) is 0 Å². The van der Waals surface area contributed by atoms with E-state index in [1.807, 2.05) is 13.8 Å². The maximum atomic E-state index is 12.7. The number of tetrazole rings is 1. The van der Waals surface area contributed by atoms with Gasteiger partial charge in [-0.3, -0.25) is 9.59 Å². The first-order valence-electron chi connectivity index (χ1n) is 6.23. The molecule has 0 saturated carbocycles. The van der Waals surface area contributed by atoms with Crippen LogP contribution in [0.1, 0.15) is 23.5 Å². The summed E-state index contributed by atoms with van der Waals surface area (Å²) in [6, 6.07) is 1.62. The lowest BCUT2D eigenvalue weighted by Gasteiger charge is -2.25. The van der Waals surface area contributed by atoms with Gasteiger partial charge in [-0.15, -0.1) is 16.4 Å². The van der Waals surface area contributed by atoms with Crippen LogP contribution in [0.2, 0.25) is 0 Å². The molecule has 0 aliphatic rings. The van der Waals surface area contributed by atoms with Crippen LogP contribution in [0.5, 0.6) is 0 Å². The summed E-state index contributed by atoms with van der Waals surface area (Å²) in [6.45, 7) is 3.58. The molecular weight excluding hydrogens is 294 g/mol. The number of ether oxygens (including phenoxy) is 1. The Morgan fingerprint density at radius 2 is 2.24 bits per heavy atom. The molecule has 0 saturated heterocycles. The van der Waals surface area contributed by atoms with Gasteiger partial charge in [-0.2, -0.15) is 4.68 Å². The predicted octanol–water partition coefficient (Wildman–Crippen LogP) is 0.747. The van der Waals surface area contributed by atoms with Crippen molar-refractivity contribution in [2.24, 2.45) is 0 Å². The van der Waals surface area contributed by atoms with Gasteiger partial charge in [0.2, 0.25) is 0 Å². The van der Waals surface area contributed by atoms with Gasteiger partial charge in [-0.1, -0.05) is 0 Å². The van der Waals surface area contributed by atoms with E-state index >= 15 is 0 Å². The first-order valence-corrected chi connectivity index (χ1v) is 7.11. The van der Waals surface area contributed by atoms with Crippen LogP contribution in [0, 0.1) is 0 Å². The lowest BCUT2D eigenvalue weighted by molar-refractivity contribution is -0.141.